The van der Waals surface area contributed by atoms with Crippen molar-refractivity contribution >= 4 is 76.9 Å². The summed E-state index contributed by atoms with van der Waals surface area (Å²) >= 11 is 0. The highest BCUT2D eigenvalue weighted by Gasteiger charge is 2.38. The topological polar surface area (TPSA) is 579 Å². The van der Waals surface area contributed by atoms with Crippen molar-refractivity contribution in [2.75, 3.05) is 26.2 Å². The largest absolute Gasteiger partial charge is 0.508 e. The first kappa shape index (κ1) is 79.9. The third-order valence-corrected chi connectivity index (χ3v) is 14.3. The molecular weight excluding hydrogens is 1180 g/mol. The fraction of sp³-hybridized carbons (Fsp3) is 0.667. The van der Waals surface area contributed by atoms with E-state index in [0.717, 1.165) is 0 Å². The van der Waals surface area contributed by atoms with Gasteiger partial charge in [0.1, 0.15) is 72.2 Å². The van der Waals surface area contributed by atoms with Crippen LogP contribution in [0.1, 0.15) is 131 Å². The number of carboxylic acid groups (broad SMARTS) is 1. The van der Waals surface area contributed by atoms with E-state index in [-0.39, 0.29) is 89.1 Å². The van der Waals surface area contributed by atoms with Crippen molar-refractivity contribution in [2.24, 2.45) is 46.2 Å². The molecule has 1 rings (SSSR count). The first-order valence-electron chi connectivity index (χ1n) is 30.1. The molecule has 0 unspecified atom stereocenters. The number of phenolic OH excluding ortho intramolecular Hbond substituents is 1. The summed E-state index contributed by atoms with van der Waals surface area (Å²) in [6, 6.07) is -11.2. The molecule has 0 saturated heterocycles. The number of nitrogens with one attached hydrogen (secondary N) is 10. The van der Waals surface area contributed by atoms with Gasteiger partial charge < -0.3 is 108 Å². The molecule has 0 fully saturated rings. The molecule has 0 saturated carbocycles. The van der Waals surface area contributed by atoms with E-state index in [9.17, 15) is 82.8 Å². The lowest BCUT2D eigenvalue weighted by molar-refractivity contribution is -0.144. The van der Waals surface area contributed by atoms with E-state index in [1.807, 2.05) is 0 Å². The second-order valence-electron chi connectivity index (χ2n) is 22.6. The number of aliphatic hydroxyl groups is 2. The van der Waals surface area contributed by atoms with E-state index in [1.54, 1.807) is 27.7 Å². The van der Waals surface area contributed by atoms with Crippen LogP contribution in [0.3, 0.4) is 0 Å². The maximum Gasteiger partial charge on any atom is 0.326 e. The maximum absolute atomic E-state index is 14.5. The minimum Gasteiger partial charge on any atom is -0.508 e. The van der Waals surface area contributed by atoms with Gasteiger partial charge in [-0.15, -0.1) is 0 Å². The summed E-state index contributed by atoms with van der Waals surface area (Å²) in [4.78, 5) is 175. The number of primary amides is 2. The highest BCUT2D eigenvalue weighted by atomic mass is 16.4. The molecule has 33 heteroatoms. The molecule has 508 valence electrons. The van der Waals surface area contributed by atoms with E-state index in [1.165, 1.54) is 38.1 Å². The molecule has 0 aliphatic heterocycles. The fourth-order valence-corrected chi connectivity index (χ4v) is 8.87. The molecule has 0 aliphatic carbocycles. The number of hydrogen-bond acceptors (Lipinski definition) is 20. The van der Waals surface area contributed by atoms with Crippen LogP contribution in [0.15, 0.2) is 24.3 Å². The molecule has 0 spiro atoms. The molecule has 1 aromatic carbocycles. The Bertz CT molecular complexity index is 2540. The summed E-state index contributed by atoms with van der Waals surface area (Å²) in [6.07, 6.45) is -1.59. The minimum absolute atomic E-state index is 0.0344. The van der Waals surface area contributed by atoms with Gasteiger partial charge in [0.05, 0.1) is 25.6 Å². The Kier molecular flexibility index (Phi) is 37.3. The van der Waals surface area contributed by atoms with Crippen LogP contribution >= 0.6 is 0 Å². The molecule has 1 aromatic rings. The molecule has 0 aliphatic rings. The third kappa shape index (κ3) is 29.9. The average Bonchev–Trinajstić information content (AvgIpc) is 1.36. The van der Waals surface area contributed by atoms with Crippen molar-refractivity contribution in [1.29, 1.82) is 0 Å². The van der Waals surface area contributed by atoms with E-state index in [4.69, 9.17) is 34.4 Å². The normalized spacial score (nSPS) is 15.5. The monoisotopic (exact) mass is 1280 g/mol. The van der Waals surface area contributed by atoms with Crippen molar-refractivity contribution in [2.45, 2.75) is 204 Å². The molecule has 0 radical (unpaired) electrons. The van der Waals surface area contributed by atoms with E-state index >= 15 is 0 Å². The molecule has 0 aromatic heterocycles. The molecule has 0 heterocycles. The van der Waals surface area contributed by atoms with Gasteiger partial charge in [-0.05, 0) is 127 Å². The number of carbonyl (C=O) groups excluding carboxylic acids is 12. The number of rotatable bonds is 45. The molecule has 0 bridgehead atoms. The first-order valence-corrected chi connectivity index (χ1v) is 30.1. The zero-order valence-electron chi connectivity index (χ0n) is 52.2. The van der Waals surface area contributed by atoms with Gasteiger partial charge in [0, 0.05) is 6.42 Å². The predicted molar refractivity (Wildman–Crippen MR) is 326 cm³/mol. The van der Waals surface area contributed by atoms with Gasteiger partial charge in [0.15, 0.2) is 0 Å². The van der Waals surface area contributed by atoms with Crippen LogP contribution in [0.2, 0.25) is 0 Å². The molecule has 12 amide bonds. The maximum atomic E-state index is 14.5. The lowest BCUT2D eigenvalue weighted by Crippen LogP contribution is -2.62. The van der Waals surface area contributed by atoms with Crippen LogP contribution in [0.5, 0.6) is 5.75 Å². The standard InChI is InChI=1S/C57H98N16O17/c1-7-30(4)45(72-51(83)38(16-10-13-23-60)65-49(81)36(14-8-11-21-58)67-56(88)46(32(6)75)73-47(79)31(5)64-48(80)35(61)28-74)55(87)66-37(15-9-12-22-59)50(82)70-41(26-43(62)77)54(86)69-40(25-33-17-19-34(76)20-18-33)53(85)68-39(24-29(2)3)52(84)71-42(57(89)90)27-44(63)78/h17-20,29-32,35-42,45-46,74-76H,7-16,21-28,58-61H2,1-6H3,(H2,62,77)(H2,63,78)(H,64,80)(H,65,81)(H,66,87)(H,67,88)(H,68,85)(H,69,86)(H,70,82)(H,71,84)(H,72,83)(H,73,79)(H,89,90)/t30-,31-,32+,35-,36-,37-,38-,39-,40-,41-,42-,45-,46-/m0/s1. The molecule has 90 heavy (non-hydrogen) atoms. The lowest BCUT2D eigenvalue weighted by atomic mass is 9.96. The minimum atomic E-state index is -1.83. The third-order valence-electron chi connectivity index (χ3n) is 14.3. The van der Waals surface area contributed by atoms with Crippen molar-refractivity contribution < 1.29 is 82.8 Å². The van der Waals surface area contributed by atoms with Crippen LogP contribution in [-0.4, -0.2) is 196 Å². The quantitative estimate of drug-likeness (QED) is 0.0270. The lowest BCUT2D eigenvalue weighted by Gasteiger charge is -2.30. The number of benzene rings is 1. The molecular formula is C57H98N16O17. The number of aromatic hydroxyl groups is 1. The van der Waals surface area contributed by atoms with Gasteiger partial charge in [-0.25, -0.2) is 4.79 Å². The number of carboxylic acids is 1. The SMILES string of the molecule is CC[C@H](C)[C@H](NC(=O)[C@H](CCCCN)NC(=O)[C@H](CCCCN)NC(=O)[C@@H](NC(=O)[C@H](C)NC(=O)[C@@H](N)CO)[C@@H](C)O)C(=O)N[C@@H](CCCCN)C(=O)N[C@@H](CC(N)=O)C(=O)N[C@@H](Cc1ccc(O)cc1)C(=O)N[C@@H](CC(C)C)C(=O)N[C@@H](CC(N)=O)C(=O)O. The number of phenols is 1. The Morgan fingerprint density at radius 2 is 0.844 bits per heavy atom. The zero-order valence-corrected chi connectivity index (χ0v) is 52.2. The highest BCUT2D eigenvalue weighted by molar-refractivity contribution is 6.00. The van der Waals surface area contributed by atoms with Gasteiger partial charge in [-0.2, -0.15) is 0 Å². The van der Waals surface area contributed by atoms with Crippen LogP contribution < -0.4 is 87.6 Å². The summed E-state index contributed by atoms with van der Waals surface area (Å²) < 4.78 is 0. The van der Waals surface area contributed by atoms with E-state index < -0.39 is 175 Å². The number of nitrogens with two attached hydrogens (primary N) is 6. The summed E-state index contributed by atoms with van der Waals surface area (Å²) in [5.41, 5.74) is 33.9. The number of hydrogen-bond donors (Lipinski definition) is 20. The van der Waals surface area contributed by atoms with E-state index in [0.29, 0.717) is 24.8 Å². The summed E-state index contributed by atoms with van der Waals surface area (Å²) in [7, 11) is 0. The highest BCUT2D eigenvalue weighted by Crippen LogP contribution is 2.16. The van der Waals surface area contributed by atoms with Crippen LogP contribution in [0.25, 0.3) is 0 Å². The Balaban J connectivity index is 3.69. The smallest absolute Gasteiger partial charge is 0.326 e. The molecule has 13 atom stereocenters. The second-order valence-corrected chi connectivity index (χ2v) is 22.6. The number of aliphatic carboxylic acids is 1. The van der Waals surface area contributed by atoms with Crippen molar-refractivity contribution in [3.05, 3.63) is 29.8 Å². The van der Waals surface area contributed by atoms with Crippen molar-refractivity contribution in [3.8, 4) is 5.75 Å². The second kappa shape index (κ2) is 42.0. The fourth-order valence-electron chi connectivity index (χ4n) is 8.87. The average molecular weight is 1280 g/mol. The van der Waals surface area contributed by atoms with Crippen LogP contribution in [-0.2, 0) is 68.7 Å². The zero-order chi connectivity index (χ0) is 68.4. The van der Waals surface area contributed by atoms with Crippen molar-refractivity contribution in [1.82, 2.24) is 53.2 Å². The summed E-state index contributed by atoms with van der Waals surface area (Å²) in [5.74, 6) is -14.5. The number of unbranched alkanes of at least 4 members (excludes halogenated alkanes) is 3. The Morgan fingerprint density at radius 1 is 0.467 bits per heavy atom. The van der Waals surface area contributed by atoms with E-state index in [2.05, 4.69) is 53.2 Å². The van der Waals surface area contributed by atoms with Crippen LogP contribution in [0, 0.1) is 11.8 Å². The number of aliphatic hydroxyl groups excluding tert-OH is 2. The van der Waals surface area contributed by atoms with Crippen LogP contribution in [0.4, 0.5) is 0 Å². The van der Waals surface area contributed by atoms with Crippen molar-refractivity contribution in [3.63, 3.8) is 0 Å². The molecule has 33 nitrogen and oxygen atoms in total. The Hall–Kier alpha value is -8.11. The summed E-state index contributed by atoms with van der Waals surface area (Å²) in [6.45, 7) is 9.03. The van der Waals surface area contributed by atoms with Gasteiger partial charge in [0.25, 0.3) is 0 Å². The van der Waals surface area contributed by atoms with Gasteiger partial charge in [-0.1, -0.05) is 46.2 Å². The number of amides is 12. The predicted octanol–water partition coefficient (Wildman–Crippen LogP) is -6.18. The first-order chi connectivity index (χ1) is 42.3. The molecule has 26 N–H and O–H groups in total. The van der Waals surface area contributed by atoms with Gasteiger partial charge in [-0.3, -0.25) is 57.5 Å². The Morgan fingerprint density at radius 3 is 1.28 bits per heavy atom. The Labute approximate surface area is 523 Å². The van der Waals surface area contributed by atoms with Gasteiger partial charge >= 0.3 is 5.97 Å². The number of carbonyl (C=O) groups is 13. The summed E-state index contributed by atoms with van der Waals surface area (Å²) in [5, 5.41) is 64.2. The van der Waals surface area contributed by atoms with Gasteiger partial charge in [0.2, 0.25) is 70.9 Å².